The van der Waals surface area contributed by atoms with E-state index >= 15 is 0 Å². The summed E-state index contributed by atoms with van der Waals surface area (Å²) in [5.74, 6) is 0. The second-order valence-corrected chi connectivity index (χ2v) is 8.03. The summed E-state index contributed by atoms with van der Waals surface area (Å²) < 4.78 is 32.5. The number of nitrogens with one attached hydrogen (secondary N) is 1. The van der Waals surface area contributed by atoms with E-state index < -0.39 is 10.0 Å². The number of ether oxygens (including phenoxy) is 1. The van der Waals surface area contributed by atoms with Crippen LogP contribution in [0.5, 0.6) is 0 Å². The number of sulfonamides is 1. The van der Waals surface area contributed by atoms with E-state index in [-0.39, 0.29) is 6.10 Å². The van der Waals surface area contributed by atoms with Gasteiger partial charge in [0.05, 0.1) is 6.10 Å². The number of thiophene rings is 1. The van der Waals surface area contributed by atoms with Crippen molar-refractivity contribution >= 4 is 21.4 Å². The highest BCUT2D eigenvalue weighted by molar-refractivity contribution is 7.91. The zero-order valence-corrected chi connectivity index (χ0v) is 13.9. The molecule has 1 heterocycles. The average molecular weight is 320 g/mol. The van der Waals surface area contributed by atoms with E-state index in [0.29, 0.717) is 23.9 Å². The fraction of sp³-hybridized carbons (Fsp3) is 0.692. The Morgan fingerprint density at radius 1 is 1.40 bits per heavy atom. The molecule has 0 radical (unpaired) electrons. The predicted octanol–water partition coefficient (Wildman–Crippen LogP) is 2.00. The molecule has 3 N–H and O–H groups in total. The van der Waals surface area contributed by atoms with Gasteiger partial charge in [-0.15, -0.1) is 11.3 Å². The summed E-state index contributed by atoms with van der Waals surface area (Å²) in [7, 11) is -3.40. The Morgan fingerprint density at radius 3 is 2.65 bits per heavy atom. The minimum Gasteiger partial charge on any atom is -0.379 e. The summed E-state index contributed by atoms with van der Waals surface area (Å²) in [6, 6.07) is 1.68. The fourth-order valence-corrected chi connectivity index (χ4v) is 4.23. The Hall–Kier alpha value is -0.470. The van der Waals surface area contributed by atoms with Crippen LogP contribution >= 0.6 is 11.3 Å². The maximum absolute atomic E-state index is 12.1. The van der Waals surface area contributed by atoms with Gasteiger partial charge >= 0.3 is 0 Å². The molecule has 0 unspecified atom stereocenters. The van der Waals surface area contributed by atoms with E-state index in [2.05, 4.69) is 4.72 Å². The van der Waals surface area contributed by atoms with Crippen LogP contribution in [0.25, 0.3) is 0 Å². The third-order valence-electron chi connectivity index (χ3n) is 2.76. The van der Waals surface area contributed by atoms with Crippen LogP contribution in [0.4, 0.5) is 0 Å². The molecule has 1 aromatic heterocycles. The van der Waals surface area contributed by atoms with E-state index in [1.54, 1.807) is 6.07 Å². The fourth-order valence-electron chi connectivity index (χ4n) is 1.65. The van der Waals surface area contributed by atoms with Gasteiger partial charge in [-0.25, -0.2) is 13.1 Å². The lowest BCUT2D eigenvalue weighted by Gasteiger charge is -2.07. The lowest BCUT2D eigenvalue weighted by molar-refractivity contribution is 0.0762. The van der Waals surface area contributed by atoms with Gasteiger partial charge in [0, 0.05) is 24.6 Å². The van der Waals surface area contributed by atoms with Crippen molar-refractivity contribution in [2.24, 2.45) is 5.73 Å². The van der Waals surface area contributed by atoms with Crippen LogP contribution in [-0.2, 0) is 21.3 Å². The van der Waals surface area contributed by atoms with Crippen LogP contribution in [0, 0.1) is 6.92 Å². The van der Waals surface area contributed by atoms with Crippen LogP contribution in [0.2, 0.25) is 0 Å². The summed E-state index contributed by atoms with van der Waals surface area (Å²) in [6.07, 6.45) is 1.83. The van der Waals surface area contributed by atoms with Gasteiger partial charge in [-0.2, -0.15) is 0 Å². The zero-order chi connectivity index (χ0) is 15.2. The quantitative estimate of drug-likeness (QED) is 0.682. The van der Waals surface area contributed by atoms with Crippen molar-refractivity contribution in [2.45, 2.75) is 50.5 Å². The van der Waals surface area contributed by atoms with E-state index in [4.69, 9.17) is 10.5 Å². The van der Waals surface area contributed by atoms with Gasteiger partial charge in [-0.05, 0) is 45.2 Å². The van der Waals surface area contributed by atoms with Crippen molar-refractivity contribution in [3.05, 3.63) is 16.5 Å². The van der Waals surface area contributed by atoms with Crippen molar-refractivity contribution in [2.75, 3.05) is 13.2 Å². The van der Waals surface area contributed by atoms with Gasteiger partial charge in [0.2, 0.25) is 10.0 Å². The average Bonchev–Trinajstić information content (AvgIpc) is 2.75. The first-order chi connectivity index (χ1) is 9.36. The molecule has 5 nitrogen and oxygen atoms in total. The maximum atomic E-state index is 12.1. The minimum absolute atomic E-state index is 0.218. The molecular weight excluding hydrogens is 296 g/mol. The lowest BCUT2D eigenvalue weighted by atomic mass is 10.3. The summed E-state index contributed by atoms with van der Waals surface area (Å²) >= 11 is 1.24. The monoisotopic (exact) mass is 320 g/mol. The molecule has 0 saturated carbocycles. The van der Waals surface area contributed by atoms with Crippen LogP contribution in [-0.4, -0.2) is 27.7 Å². The van der Waals surface area contributed by atoms with Crippen LogP contribution in [0.15, 0.2) is 10.3 Å². The second-order valence-electron chi connectivity index (χ2n) is 4.90. The SMILES string of the molecule is Cc1cc(S(=O)(=O)NCCCCOC(C)C)sc1CN. The molecule has 7 heteroatoms. The number of rotatable bonds is 9. The lowest BCUT2D eigenvalue weighted by Crippen LogP contribution is -2.24. The third kappa shape index (κ3) is 5.49. The van der Waals surface area contributed by atoms with Gasteiger partial charge in [0.25, 0.3) is 0 Å². The van der Waals surface area contributed by atoms with Crippen molar-refractivity contribution in [1.29, 1.82) is 0 Å². The van der Waals surface area contributed by atoms with Crippen LogP contribution in [0.1, 0.15) is 37.1 Å². The zero-order valence-electron chi connectivity index (χ0n) is 12.3. The largest absolute Gasteiger partial charge is 0.379 e. The molecule has 0 aliphatic carbocycles. The third-order valence-corrected chi connectivity index (χ3v) is 5.96. The van der Waals surface area contributed by atoms with Crippen molar-refractivity contribution < 1.29 is 13.2 Å². The number of nitrogens with two attached hydrogens (primary N) is 1. The summed E-state index contributed by atoms with van der Waals surface area (Å²) in [6.45, 7) is 7.31. The molecule has 0 bridgehead atoms. The highest BCUT2D eigenvalue weighted by Crippen LogP contribution is 2.25. The molecule has 0 spiro atoms. The molecule has 0 amide bonds. The van der Waals surface area contributed by atoms with Crippen molar-refractivity contribution in [1.82, 2.24) is 4.72 Å². The van der Waals surface area contributed by atoms with E-state index in [0.717, 1.165) is 23.3 Å². The Bertz CT molecular complexity index is 510. The van der Waals surface area contributed by atoms with Gasteiger partial charge in [0.15, 0.2) is 0 Å². The molecule has 0 aliphatic rings. The first-order valence-corrected chi connectivity index (χ1v) is 9.07. The van der Waals surface area contributed by atoms with E-state index in [1.807, 2.05) is 20.8 Å². The molecule has 20 heavy (non-hydrogen) atoms. The van der Waals surface area contributed by atoms with Crippen molar-refractivity contribution in [3.8, 4) is 0 Å². The predicted molar refractivity (Wildman–Crippen MR) is 82.5 cm³/mol. The van der Waals surface area contributed by atoms with Crippen LogP contribution in [0.3, 0.4) is 0 Å². The number of unbranched alkanes of at least 4 members (excludes halogenated alkanes) is 1. The molecule has 0 aromatic carbocycles. The Labute approximate surface area is 125 Å². The first-order valence-electron chi connectivity index (χ1n) is 6.77. The highest BCUT2D eigenvalue weighted by atomic mass is 32.2. The van der Waals surface area contributed by atoms with E-state index in [9.17, 15) is 8.42 Å². The molecule has 116 valence electrons. The molecule has 0 atom stereocenters. The number of hydrogen-bond donors (Lipinski definition) is 2. The number of hydrogen-bond acceptors (Lipinski definition) is 5. The van der Waals surface area contributed by atoms with Crippen molar-refractivity contribution in [3.63, 3.8) is 0 Å². The number of aryl methyl sites for hydroxylation is 1. The molecule has 1 rings (SSSR count). The Balaban J connectivity index is 2.41. The maximum Gasteiger partial charge on any atom is 0.250 e. The Morgan fingerprint density at radius 2 is 2.10 bits per heavy atom. The van der Waals surface area contributed by atoms with Gasteiger partial charge in [0.1, 0.15) is 4.21 Å². The topological polar surface area (TPSA) is 81.4 Å². The smallest absolute Gasteiger partial charge is 0.250 e. The van der Waals surface area contributed by atoms with Gasteiger partial charge in [-0.1, -0.05) is 0 Å². The van der Waals surface area contributed by atoms with E-state index in [1.165, 1.54) is 11.3 Å². The van der Waals surface area contributed by atoms with Gasteiger partial charge in [-0.3, -0.25) is 0 Å². The van der Waals surface area contributed by atoms with Crippen LogP contribution < -0.4 is 10.5 Å². The standard InChI is InChI=1S/C13H24N2O3S2/c1-10(2)18-7-5-4-6-15-20(16,17)13-8-11(3)12(9-14)19-13/h8,10,15H,4-7,9,14H2,1-3H3. The summed E-state index contributed by atoms with van der Waals surface area (Å²) in [5.41, 5.74) is 6.50. The first kappa shape index (κ1) is 17.6. The summed E-state index contributed by atoms with van der Waals surface area (Å²) in [5, 5.41) is 0. The molecule has 0 fully saturated rings. The normalized spacial score (nSPS) is 12.2. The molecular formula is C13H24N2O3S2. The second kappa shape index (κ2) is 8.09. The molecule has 0 saturated heterocycles. The molecule has 0 aliphatic heterocycles. The minimum atomic E-state index is -3.40. The summed E-state index contributed by atoms with van der Waals surface area (Å²) in [4.78, 5) is 0.913. The molecule has 1 aromatic rings. The highest BCUT2D eigenvalue weighted by Gasteiger charge is 2.17. The Kier molecular flexibility index (Phi) is 7.11. The van der Waals surface area contributed by atoms with Gasteiger partial charge < -0.3 is 10.5 Å².